The highest BCUT2D eigenvalue weighted by atomic mass is 31.2. The van der Waals surface area contributed by atoms with Crippen molar-refractivity contribution < 1.29 is 18.1 Å². The Morgan fingerprint density at radius 2 is 1.51 bits per heavy atom. The quantitative estimate of drug-likeness (QED) is 0.298. The number of allylic oxidation sites excluding steroid dienone is 3. The van der Waals surface area contributed by atoms with E-state index in [0.717, 1.165) is 48.8 Å². The summed E-state index contributed by atoms with van der Waals surface area (Å²) in [5.74, 6) is 1.61. The smallest absolute Gasteiger partial charge is 0.394 e. The van der Waals surface area contributed by atoms with E-state index in [0.29, 0.717) is 24.0 Å². The number of unbranched alkanes of at least 4 members (excludes halogenated alkanes) is 1. The van der Waals surface area contributed by atoms with E-state index in [2.05, 4.69) is 121 Å². The van der Waals surface area contributed by atoms with Gasteiger partial charge in [0.15, 0.2) is 0 Å². The molecule has 4 nitrogen and oxygen atoms in total. The van der Waals surface area contributed by atoms with Crippen LogP contribution in [0.25, 0.3) is 5.57 Å². The fourth-order valence-electron chi connectivity index (χ4n) is 6.71. The maximum absolute atomic E-state index is 14.7. The Hall–Kier alpha value is -1.51. The van der Waals surface area contributed by atoms with Gasteiger partial charge < -0.3 is 9.05 Å². The minimum atomic E-state index is -4.00. The van der Waals surface area contributed by atoms with Gasteiger partial charge in [-0.3, -0.25) is 4.52 Å². The van der Waals surface area contributed by atoms with Gasteiger partial charge in [-0.15, -0.1) is 0 Å². The van der Waals surface area contributed by atoms with Crippen molar-refractivity contribution in [2.75, 3.05) is 6.61 Å². The molecule has 0 fully saturated rings. The van der Waals surface area contributed by atoms with E-state index in [1.807, 2.05) is 0 Å². The summed E-state index contributed by atoms with van der Waals surface area (Å²) in [6.45, 7) is 32.0. The maximum Gasteiger partial charge on any atom is 0.587 e. The van der Waals surface area contributed by atoms with Crippen LogP contribution in [0.1, 0.15) is 140 Å². The second kappa shape index (κ2) is 11.5. The lowest BCUT2D eigenvalue weighted by atomic mass is 9.49. The molecule has 1 heterocycles. The molecule has 5 heteroatoms. The Labute approximate surface area is 252 Å². The van der Waals surface area contributed by atoms with Crippen LogP contribution in [0.15, 0.2) is 35.6 Å². The number of phosphoric acid groups is 1. The van der Waals surface area contributed by atoms with E-state index < -0.39 is 7.82 Å². The van der Waals surface area contributed by atoms with Crippen molar-refractivity contribution >= 4 is 13.4 Å². The molecule has 0 bridgehead atoms. The first-order valence-electron chi connectivity index (χ1n) is 15.8. The van der Waals surface area contributed by atoms with E-state index in [9.17, 15) is 4.57 Å². The number of benzene rings is 1. The zero-order chi connectivity index (χ0) is 31.2. The molecule has 0 amide bonds. The fourth-order valence-corrected chi connectivity index (χ4v) is 8.10. The summed E-state index contributed by atoms with van der Waals surface area (Å²) >= 11 is 0. The topological polar surface area (TPSA) is 44.8 Å². The lowest BCUT2D eigenvalue weighted by molar-refractivity contribution is 0.0111. The summed E-state index contributed by atoms with van der Waals surface area (Å²) < 4.78 is 34.2. The Balaban J connectivity index is 2.38. The molecule has 41 heavy (non-hydrogen) atoms. The standard InChI is InChI=1S/C36H59O4P/c1-15-17-19-25(16-2)24-38-41(37)39-30-26(20-18-21-28(30)32(3,4)5)27-22-36(34(9,10)11,35(12,13)14)23-29(31(27)40-41)33(6,7)8/h18,20-22,25H,15-17,19,23-24H2,1-14H3. The first-order chi connectivity index (χ1) is 18.6. The highest BCUT2D eigenvalue weighted by Gasteiger charge is 2.55. The molecule has 0 radical (unpaired) electrons. The third-order valence-electron chi connectivity index (χ3n) is 9.48. The highest BCUT2D eigenvalue weighted by Crippen LogP contribution is 2.67. The number of rotatable bonds is 7. The molecular weight excluding hydrogens is 527 g/mol. The Morgan fingerprint density at radius 1 is 0.902 bits per heavy atom. The van der Waals surface area contributed by atoms with E-state index >= 15 is 0 Å². The highest BCUT2D eigenvalue weighted by molar-refractivity contribution is 7.49. The number of hydrogen-bond acceptors (Lipinski definition) is 4. The molecule has 0 aromatic heterocycles. The number of hydrogen-bond donors (Lipinski definition) is 0. The molecule has 0 saturated heterocycles. The predicted molar refractivity (Wildman–Crippen MR) is 174 cm³/mol. The average Bonchev–Trinajstić information content (AvgIpc) is 2.94. The largest absolute Gasteiger partial charge is 0.587 e. The van der Waals surface area contributed by atoms with Crippen molar-refractivity contribution in [2.24, 2.45) is 27.6 Å². The zero-order valence-corrected chi connectivity index (χ0v) is 29.6. The molecule has 2 atom stereocenters. The van der Waals surface area contributed by atoms with Gasteiger partial charge in [-0.05, 0) is 46.0 Å². The van der Waals surface area contributed by atoms with Crippen LogP contribution in [0, 0.1) is 27.6 Å². The summed E-state index contributed by atoms with van der Waals surface area (Å²) in [4.78, 5) is 0. The van der Waals surface area contributed by atoms with Gasteiger partial charge in [-0.2, -0.15) is 0 Å². The molecule has 0 N–H and O–H groups in total. The molecule has 2 aliphatic rings. The van der Waals surface area contributed by atoms with Gasteiger partial charge in [0.2, 0.25) is 0 Å². The third-order valence-corrected chi connectivity index (χ3v) is 10.8. The van der Waals surface area contributed by atoms with Crippen LogP contribution < -0.4 is 4.52 Å². The van der Waals surface area contributed by atoms with Gasteiger partial charge in [-0.25, -0.2) is 4.57 Å². The number of phosphoric ester groups is 1. The van der Waals surface area contributed by atoms with Crippen LogP contribution in [0.2, 0.25) is 0 Å². The number of para-hydroxylation sites is 1. The van der Waals surface area contributed by atoms with E-state index in [4.69, 9.17) is 13.6 Å². The monoisotopic (exact) mass is 586 g/mol. The molecule has 1 aromatic rings. The van der Waals surface area contributed by atoms with Crippen molar-refractivity contribution in [3.8, 4) is 5.75 Å². The molecule has 3 rings (SSSR count). The molecule has 0 saturated carbocycles. The fraction of sp³-hybridized carbons (Fsp3) is 0.722. The molecular formula is C36H59O4P. The lowest BCUT2D eigenvalue weighted by Gasteiger charge is -2.55. The van der Waals surface area contributed by atoms with Crippen LogP contribution in [0.5, 0.6) is 5.75 Å². The van der Waals surface area contributed by atoms with Gasteiger partial charge in [0.25, 0.3) is 0 Å². The van der Waals surface area contributed by atoms with Crippen LogP contribution >= 0.6 is 7.82 Å². The molecule has 1 aliphatic carbocycles. The van der Waals surface area contributed by atoms with E-state index in [-0.39, 0.29) is 27.1 Å². The van der Waals surface area contributed by atoms with E-state index in [1.165, 1.54) is 5.57 Å². The van der Waals surface area contributed by atoms with Gasteiger partial charge >= 0.3 is 7.82 Å². The van der Waals surface area contributed by atoms with Crippen LogP contribution in [-0.4, -0.2) is 6.61 Å². The van der Waals surface area contributed by atoms with Crippen molar-refractivity contribution in [1.29, 1.82) is 0 Å². The second-order valence-electron chi connectivity index (χ2n) is 16.5. The first kappa shape index (κ1) is 34.0. The summed E-state index contributed by atoms with van der Waals surface area (Å²) in [6.07, 6.45) is 7.49. The maximum atomic E-state index is 14.7. The van der Waals surface area contributed by atoms with Crippen LogP contribution in [0.4, 0.5) is 0 Å². The minimum Gasteiger partial charge on any atom is -0.394 e. The molecule has 2 unspecified atom stereocenters. The molecule has 232 valence electrons. The SMILES string of the molecule is CCCCC(CC)COP1(=O)OC2=C(C(C)(C)C)CC(C(C)(C)C)(C(C)(C)C)C=C2c2cccc(C(C)(C)C)c2O1. The van der Waals surface area contributed by atoms with Crippen molar-refractivity contribution in [3.63, 3.8) is 0 Å². The Kier molecular flexibility index (Phi) is 9.56. The predicted octanol–water partition coefficient (Wildman–Crippen LogP) is 11.9. The number of fused-ring (bicyclic) bond motifs is 3. The minimum absolute atomic E-state index is 0.0525. The normalized spacial score (nSPS) is 22.1. The van der Waals surface area contributed by atoms with Gasteiger partial charge in [0.05, 0.1) is 6.61 Å². The first-order valence-corrected chi connectivity index (χ1v) is 17.3. The second-order valence-corrected chi connectivity index (χ2v) is 18.1. The van der Waals surface area contributed by atoms with Gasteiger partial charge in [0.1, 0.15) is 11.5 Å². The molecule has 1 aromatic carbocycles. The Morgan fingerprint density at radius 3 is 2.00 bits per heavy atom. The van der Waals surface area contributed by atoms with Gasteiger partial charge in [0, 0.05) is 22.1 Å². The van der Waals surface area contributed by atoms with Crippen molar-refractivity contribution in [1.82, 2.24) is 0 Å². The average molecular weight is 587 g/mol. The lowest BCUT2D eigenvalue weighted by Crippen LogP contribution is -2.47. The molecule has 1 aliphatic heterocycles. The summed E-state index contributed by atoms with van der Waals surface area (Å²) in [7, 11) is -4.00. The van der Waals surface area contributed by atoms with Gasteiger partial charge in [-0.1, -0.05) is 140 Å². The third kappa shape index (κ3) is 6.85. The Bertz CT molecular complexity index is 1190. The summed E-state index contributed by atoms with van der Waals surface area (Å²) in [5.41, 5.74) is 3.33. The van der Waals surface area contributed by atoms with Crippen LogP contribution in [0.3, 0.4) is 0 Å². The van der Waals surface area contributed by atoms with E-state index in [1.54, 1.807) is 0 Å². The molecule has 0 spiro atoms. The van der Waals surface area contributed by atoms with Crippen molar-refractivity contribution in [3.05, 3.63) is 46.7 Å². The zero-order valence-electron chi connectivity index (χ0n) is 28.7. The summed E-state index contributed by atoms with van der Waals surface area (Å²) in [5, 5.41) is 0. The summed E-state index contributed by atoms with van der Waals surface area (Å²) in [6, 6.07) is 6.29. The van der Waals surface area contributed by atoms with Crippen molar-refractivity contribution in [2.45, 2.75) is 134 Å². The van der Waals surface area contributed by atoms with Crippen LogP contribution in [-0.2, 0) is 19.0 Å².